The summed E-state index contributed by atoms with van der Waals surface area (Å²) in [6.07, 6.45) is -11.0. The van der Waals surface area contributed by atoms with Crippen molar-refractivity contribution in [2.24, 2.45) is 5.92 Å². The molecule has 2 aromatic carbocycles. The Morgan fingerprint density at radius 2 is 1.55 bits per heavy atom. The zero-order valence-electron chi connectivity index (χ0n) is 16.4. The topological polar surface area (TPSA) is 35.5 Å². The number of hydrogen-bond donors (Lipinski definition) is 0. The summed E-state index contributed by atoms with van der Waals surface area (Å²) in [5.74, 6) is -0.997. The Hall–Kier alpha value is -2.39. The molecule has 0 aromatic heterocycles. The van der Waals surface area contributed by atoms with Crippen LogP contribution in [0.5, 0.6) is 0 Å². The molecule has 1 aliphatic heterocycles. The van der Waals surface area contributed by atoms with Gasteiger partial charge in [-0.1, -0.05) is 30.3 Å². The van der Waals surface area contributed by atoms with Crippen LogP contribution in [0.3, 0.4) is 0 Å². The average Bonchev–Trinajstić information content (AvgIpc) is 2.72. The van der Waals surface area contributed by atoms with Crippen molar-refractivity contribution in [2.75, 3.05) is 13.2 Å². The van der Waals surface area contributed by atoms with E-state index in [0.29, 0.717) is 12.1 Å². The molecular formula is C22H20F6O3. The molecule has 0 saturated carbocycles. The average molecular weight is 446 g/mol. The molecule has 168 valence electrons. The van der Waals surface area contributed by atoms with Gasteiger partial charge in [0, 0.05) is 11.8 Å². The normalized spacial score (nSPS) is 23.4. The lowest BCUT2D eigenvalue weighted by molar-refractivity contribution is -0.144. The van der Waals surface area contributed by atoms with Gasteiger partial charge in [-0.05, 0) is 36.2 Å². The minimum atomic E-state index is -4.95. The minimum Gasteiger partial charge on any atom is -0.378 e. The monoisotopic (exact) mass is 446 g/mol. The first-order valence-corrected chi connectivity index (χ1v) is 9.53. The lowest BCUT2D eigenvalue weighted by atomic mass is 9.81. The van der Waals surface area contributed by atoms with Gasteiger partial charge in [0.1, 0.15) is 6.29 Å². The fourth-order valence-electron chi connectivity index (χ4n) is 3.74. The van der Waals surface area contributed by atoms with E-state index in [9.17, 15) is 31.1 Å². The molecule has 1 aliphatic rings. The van der Waals surface area contributed by atoms with Crippen LogP contribution in [0.25, 0.3) is 0 Å². The number of hydrogen-bond acceptors (Lipinski definition) is 3. The third-order valence-electron chi connectivity index (χ3n) is 5.27. The second-order valence-electron chi connectivity index (χ2n) is 7.43. The molecule has 0 aliphatic carbocycles. The number of ether oxygens (including phenoxy) is 2. The van der Waals surface area contributed by atoms with Crippen molar-refractivity contribution in [3.05, 3.63) is 70.8 Å². The Bertz CT molecular complexity index is 862. The van der Waals surface area contributed by atoms with Crippen LogP contribution in [0.4, 0.5) is 26.3 Å². The highest BCUT2D eigenvalue weighted by atomic mass is 19.4. The van der Waals surface area contributed by atoms with Crippen molar-refractivity contribution in [3.8, 4) is 0 Å². The molecule has 1 fully saturated rings. The molecule has 3 nitrogen and oxygen atoms in total. The molecule has 0 unspecified atom stereocenters. The second-order valence-corrected chi connectivity index (χ2v) is 7.43. The molecule has 3 rings (SSSR count). The van der Waals surface area contributed by atoms with Crippen LogP contribution in [0.15, 0.2) is 48.5 Å². The van der Waals surface area contributed by atoms with E-state index in [1.165, 1.54) is 6.92 Å². The van der Waals surface area contributed by atoms with Gasteiger partial charge in [-0.15, -0.1) is 0 Å². The summed E-state index contributed by atoms with van der Waals surface area (Å²) in [6.45, 7) is 1.58. The lowest BCUT2D eigenvalue weighted by Crippen LogP contribution is -2.40. The van der Waals surface area contributed by atoms with Gasteiger partial charge >= 0.3 is 12.4 Å². The van der Waals surface area contributed by atoms with Crippen LogP contribution >= 0.6 is 0 Å². The van der Waals surface area contributed by atoms with Gasteiger partial charge in [0.25, 0.3) is 0 Å². The van der Waals surface area contributed by atoms with E-state index in [2.05, 4.69) is 0 Å². The van der Waals surface area contributed by atoms with E-state index >= 15 is 0 Å². The van der Waals surface area contributed by atoms with E-state index in [0.717, 1.165) is 11.8 Å². The molecule has 1 heterocycles. The fourth-order valence-corrected chi connectivity index (χ4v) is 3.74. The third-order valence-corrected chi connectivity index (χ3v) is 5.27. The van der Waals surface area contributed by atoms with E-state index in [4.69, 9.17) is 9.47 Å². The second kappa shape index (κ2) is 9.00. The van der Waals surface area contributed by atoms with E-state index in [1.807, 2.05) is 0 Å². The van der Waals surface area contributed by atoms with Gasteiger partial charge in [-0.3, -0.25) is 0 Å². The first-order chi connectivity index (χ1) is 14.5. The molecule has 0 N–H and O–H groups in total. The van der Waals surface area contributed by atoms with E-state index in [-0.39, 0.29) is 24.8 Å². The maximum absolute atomic E-state index is 13.2. The molecule has 1 saturated heterocycles. The summed E-state index contributed by atoms with van der Waals surface area (Å²) >= 11 is 0. The number of carbonyl (C=O) groups excluding carboxylic acids is 1. The summed E-state index contributed by atoms with van der Waals surface area (Å²) in [5.41, 5.74) is -2.29. The predicted molar refractivity (Wildman–Crippen MR) is 99.3 cm³/mol. The van der Waals surface area contributed by atoms with Gasteiger partial charge in [0.05, 0.1) is 36.5 Å². The molecule has 0 amide bonds. The van der Waals surface area contributed by atoms with Crippen molar-refractivity contribution in [3.63, 3.8) is 0 Å². The number of rotatable bonds is 5. The SMILES string of the molecule is C[C@@H](O[C@H]1COC[C@@H](C=O)[C@@H]1c1ccccc1)c1cc(C(F)(F)F)cc(C(F)(F)F)c1. The molecular weight excluding hydrogens is 426 g/mol. The predicted octanol–water partition coefficient (Wildman–Crippen LogP) is 5.80. The lowest BCUT2D eigenvalue weighted by Gasteiger charge is -2.37. The number of halogens is 6. The van der Waals surface area contributed by atoms with Crippen molar-refractivity contribution in [2.45, 2.75) is 37.4 Å². The van der Waals surface area contributed by atoms with Crippen molar-refractivity contribution in [1.82, 2.24) is 0 Å². The van der Waals surface area contributed by atoms with Gasteiger partial charge in [-0.2, -0.15) is 26.3 Å². The van der Waals surface area contributed by atoms with Crippen molar-refractivity contribution in [1.29, 1.82) is 0 Å². The van der Waals surface area contributed by atoms with Gasteiger partial charge in [-0.25, -0.2) is 0 Å². The smallest absolute Gasteiger partial charge is 0.378 e. The third kappa shape index (κ3) is 5.46. The van der Waals surface area contributed by atoms with Crippen LogP contribution in [0, 0.1) is 5.92 Å². The summed E-state index contributed by atoms with van der Waals surface area (Å²) in [7, 11) is 0. The largest absolute Gasteiger partial charge is 0.416 e. The summed E-state index contributed by atoms with van der Waals surface area (Å²) in [4.78, 5) is 11.6. The number of benzene rings is 2. The first kappa shape index (κ1) is 23.3. The van der Waals surface area contributed by atoms with Gasteiger partial charge in [0.2, 0.25) is 0 Å². The Labute approximate surface area is 175 Å². The maximum Gasteiger partial charge on any atom is 0.416 e. The highest BCUT2D eigenvalue weighted by Crippen LogP contribution is 2.40. The Kier molecular flexibility index (Phi) is 6.76. The van der Waals surface area contributed by atoms with Crippen molar-refractivity contribution < 1.29 is 40.6 Å². The number of carbonyl (C=O) groups is 1. The zero-order valence-corrected chi connectivity index (χ0v) is 16.4. The van der Waals surface area contributed by atoms with Crippen LogP contribution in [0.2, 0.25) is 0 Å². The van der Waals surface area contributed by atoms with Crippen molar-refractivity contribution >= 4 is 6.29 Å². The molecule has 0 radical (unpaired) electrons. The molecule has 4 atom stereocenters. The van der Waals surface area contributed by atoms with E-state index in [1.54, 1.807) is 30.3 Å². The first-order valence-electron chi connectivity index (χ1n) is 9.53. The standard InChI is InChI=1S/C22H20F6O3/c1-13(15-7-17(21(23,24)25)9-18(8-15)22(26,27)28)31-19-12-30-11-16(10-29)20(19)14-5-3-2-4-6-14/h2-10,13,16,19-20H,11-12H2,1H3/t13-,16-,19+,20+/m1/s1. The molecule has 31 heavy (non-hydrogen) atoms. The Balaban J connectivity index is 1.93. The van der Waals surface area contributed by atoms with Gasteiger partial charge in [0.15, 0.2) is 0 Å². The molecule has 2 aromatic rings. The fraction of sp³-hybridized carbons (Fsp3) is 0.409. The van der Waals surface area contributed by atoms with Crippen LogP contribution < -0.4 is 0 Å². The minimum absolute atomic E-state index is 0.0549. The maximum atomic E-state index is 13.2. The Morgan fingerprint density at radius 1 is 0.968 bits per heavy atom. The highest BCUT2D eigenvalue weighted by molar-refractivity contribution is 5.57. The van der Waals surface area contributed by atoms with E-state index < -0.39 is 47.5 Å². The van der Waals surface area contributed by atoms with Gasteiger partial charge < -0.3 is 14.3 Å². The summed E-state index contributed by atoms with van der Waals surface area (Å²) in [6, 6.07) is 10.3. The molecule has 0 bridgehead atoms. The molecule has 9 heteroatoms. The summed E-state index contributed by atoms with van der Waals surface area (Å²) in [5, 5.41) is 0. The highest BCUT2D eigenvalue weighted by Gasteiger charge is 2.39. The quantitative estimate of drug-likeness (QED) is 0.430. The summed E-state index contributed by atoms with van der Waals surface area (Å²) < 4.78 is 90.3. The number of aldehydes is 1. The molecule has 0 spiro atoms. The van der Waals surface area contributed by atoms with Crippen LogP contribution in [-0.2, 0) is 26.6 Å². The number of alkyl halides is 6. The van der Waals surface area contributed by atoms with Crippen LogP contribution in [0.1, 0.15) is 41.2 Å². The zero-order chi connectivity index (χ0) is 22.8. The van der Waals surface area contributed by atoms with Crippen LogP contribution in [-0.4, -0.2) is 25.6 Å². The Morgan fingerprint density at radius 3 is 2.06 bits per heavy atom.